The Kier molecular flexibility index (Phi) is 9.66. The molecule has 4 heterocycles. The van der Waals surface area contributed by atoms with Gasteiger partial charge < -0.3 is 13.4 Å². The van der Waals surface area contributed by atoms with Crippen molar-refractivity contribution in [2.45, 2.75) is 59.3 Å². The maximum atomic E-state index is 9.95. The van der Waals surface area contributed by atoms with Crippen LogP contribution >= 0.6 is 0 Å². The molecular weight excluding hydrogens is 883 g/mol. The Labute approximate surface area is 344 Å². The van der Waals surface area contributed by atoms with E-state index in [1.807, 2.05) is 22.9 Å². The second kappa shape index (κ2) is 14.6. The van der Waals surface area contributed by atoms with Crippen molar-refractivity contribution in [1.82, 2.24) is 14.5 Å². The van der Waals surface area contributed by atoms with Gasteiger partial charge in [-0.2, -0.15) is 11.3 Å². The molecule has 0 amide bonds. The van der Waals surface area contributed by atoms with Crippen LogP contribution in [-0.2, 0) is 20.1 Å². The fraction of sp³-hybridized carbons (Fsp3) is 0.184. The molecule has 0 fully saturated rings. The van der Waals surface area contributed by atoms with Crippen molar-refractivity contribution < 1.29 is 28.9 Å². The molecule has 0 atom stereocenters. The van der Waals surface area contributed by atoms with Gasteiger partial charge in [-0.1, -0.05) is 71.9 Å². The second-order valence-electron chi connectivity index (χ2n) is 15.4. The van der Waals surface area contributed by atoms with Crippen LogP contribution in [0.4, 0.5) is 5.69 Å². The average Bonchev–Trinajstić information content (AvgIpc) is 3.93. The van der Waals surface area contributed by atoms with Crippen LogP contribution in [0.3, 0.4) is 0 Å². The molecule has 5 aromatic carbocycles. The van der Waals surface area contributed by atoms with Crippen LogP contribution in [0.5, 0.6) is 0 Å². The van der Waals surface area contributed by atoms with Crippen LogP contribution in [0, 0.1) is 24.0 Å². The predicted molar refractivity (Wildman–Crippen MR) is 224 cm³/mol. The number of hydrogen-bond acceptors (Lipinski definition) is 5. The van der Waals surface area contributed by atoms with E-state index in [-0.39, 0.29) is 31.9 Å². The Bertz CT molecular complexity index is 3080. The molecule has 9 aromatic rings. The molecule has 0 saturated heterocycles. The number of nitrogens with zero attached hydrogens (tertiary/aromatic N) is 5. The van der Waals surface area contributed by atoms with Gasteiger partial charge in [0, 0.05) is 65.5 Å². The molecule has 0 unspecified atom stereocenters. The summed E-state index contributed by atoms with van der Waals surface area (Å²) >= 11 is 0. The standard InChI is InChI=1S/C49H38N5O2.Ir/c1-27(2)30-14-16-44-42(21-30)45-48(56-44)38(18-19-52-45)36-12-9-13-37-41-22-31(15-17-43(41)55-47(36)37)33-23-39(28(3)4)46(40(24-33)29(5)6)54-26-35(25-50)53-49(54)32-10-8-11-34(20-32)51-7;/h8-9,11-24,26-29H,1-6H3;/q-1;. The molecule has 0 spiro atoms. The zero-order valence-corrected chi connectivity index (χ0v) is 34.8. The third-order valence-corrected chi connectivity index (χ3v) is 10.8. The molecule has 9 rings (SSSR count). The fourth-order valence-electron chi connectivity index (χ4n) is 7.89. The number of furan rings is 2. The molecule has 8 heteroatoms. The first kappa shape index (κ1) is 37.6. The molecule has 57 heavy (non-hydrogen) atoms. The van der Waals surface area contributed by atoms with Crippen molar-refractivity contribution in [2.75, 3.05) is 0 Å². The molecular formula is C49H38IrN5O2-. The van der Waals surface area contributed by atoms with E-state index in [0.717, 1.165) is 83.1 Å². The Morgan fingerprint density at radius 2 is 1.47 bits per heavy atom. The van der Waals surface area contributed by atoms with E-state index in [2.05, 4.69) is 119 Å². The van der Waals surface area contributed by atoms with E-state index in [9.17, 15) is 5.26 Å². The van der Waals surface area contributed by atoms with Gasteiger partial charge in [0.05, 0.1) is 12.4 Å². The van der Waals surface area contributed by atoms with Crippen molar-refractivity contribution in [2.24, 2.45) is 0 Å². The molecule has 0 aliphatic carbocycles. The molecule has 1 radical (unpaired) electrons. The maximum Gasteiger partial charge on any atom is 0.161 e. The summed E-state index contributed by atoms with van der Waals surface area (Å²) < 4.78 is 15.2. The minimum Gasteiger partial charge on any atom is -0.455 e. The number of fused-ring (bicyclic) bond motifs is 6. The topological polar surface area (TPSA) is 85.1 Å². The van der Waals surface area contributed by atoms with Gasteiger partial charge >= 0.3 is 0 Å². The normalized spacial score (nSPS) is 11.6. The van der Waals surface area contributed by atoms with Crippen LogP contribution in [0.25, 0.3) is 88.2 Å². The minimum absolute atomic E-state index is 0. The van der Waals surface area contributed by atoms with Crippen molar-refractivity contribution in [3.8, 4) is 45.4 Å². The van der Waals surface area contributed by atoms with Gasteiger partial charge in [-0.15, -0.1) is 23.8 Å². The van der Waals surface area contributed by atoms with Crippen molar-refractivity contribution >= 4 is 49.7 Å². The quantitative estimate of drug-likeness (QED) is 0.149. The number of rotatable bonds is 7. The first-order valence-electron chi connectivity index (χ1n) is 19.0. The first-order valence-corrected chi connectivity index (χ1v) is 19.0. The summed E-state index contributed by atoms with van der Waals surface area (Å²) in [5.41, 5.74) is 14.1. The largest absolute Gasteiger partial charge is 0.455 e. The molecule has 0 bridgehead atoms. The van der Waals surface area contributed by atoms with Gasteiger partial charge in [-0.25, -0.2) is 0 Å². The van der Waals surface area contributed by atoms with E-state index in [4.69, 9.17) is 25.4 Å². The summed E-state index contributed by atoms with van der Waals surface area (Å²) in [4.78, 5) is 13.1. The number of nitriles is 1. The molecule has 0 N–H and O–H groups in total. The zero-order valence-electron chi connectivity index (χ0n) is 32.4. The molecule has 0 saturated carbocycles. The van der Waals surface area contributed by atoms with E-state index in [0.29, 0.717) is 28.7 Å². The zero-order chi connectivity index (χ0) is 38.8. The van der Waals surface area contributed by atoms with Gasteiger partial charge in [-0.05, 0) is 88.0 Å². The summed E-state index contributed by atoms with van der Waals surface area (Å²) in [7, 11) is 0. The molecule has 0 aliphatic rings. The number of hydrogen-bond donors (Lipinski definition) is 0. The van der Waals surface area contributed by atoms with E-state index < -0.39 is 0 Å². The number of aromatic nitrogens is 3. The predicted octanol–water partition coefficient (Wildman–Crippen LogP) is 13.7. The van der Waals surface area contributed by atoms with Crippen LogP contribution in [0.15, 0.2) is 112 Å². The van der Waals surface area contributed by atoms with Gasteiger partial charge in [0.25, 0.3) is 0 Å². The molecule has 281 valence electrons. The summed E-state index contributed by atoms with van der Waals surface area (Å²) in [6.45, 7) is 20.7. The van der Waals surface area contributed by atoms with Crippen LogP contribution in [-0.4, -0.2) is 14.5 Å². The van der Waals surface area contributed by atoms with Gasteiger partial charge in [0.15, 0.2) is 5.58 Å². The second-order valence-corrected chi connectivity index (χ2v) is 15.4. The fourth-order valence-corrected chi connectivity index (χ4v) is 7.89. The van der Waals surface area contributed by atoms with Crippen LogP contribution in [0.1, 0.15) is 81.7 Å². The summed E-state index contributed by atoms with van der Waals surface area (Å²) in [5, 5.41) is 13.0. The summed E-state index contributed by atoms with van der Waals surface area (Å²) in [6.07, 6.45) is 3.65. The Balaban J connectivity index is 0.00000455. The van der Waals surface area contributed by atoms with Crippen molar-refractivity contribution in [3.63, 3.8) is 0 Å². The van der Waals surface area contributed by atoms with Crippen LogP contribution in [0.2, 0.25) is 0 Å². The number of pyridine rings is 1. The number of imidazole rings is 1. The molecule has 0 aliphatic heterocycles. The monoisotopic (exact) mass is 921 g/mol. The van der Waals surface area contributed by atoms with E-state index in [1.165, 1.54) is 5.56 Å². The first-order chi connectivity index (χ1) is 27.1. The van der Waals surface area contributed by atoms with E-state index >= 15 is 0 Å². The SMILES string of the molecule is [C-]#[N+]c1cc[c-]c(-c2nc(C#N)cn2-c2c(C(C)C)cc(-c3ccc4oc5c(-c6ccnc7c6oc6ccc(C(C)C)cc67)cccc5c4c3)cc2C(C)C)c1.[Ir]. The summed E-state index contributed by atoms with van der Waals surface area (Å²) in [5.74, 6) is 1.28. The van der Waals surface area contributed by atoms with Crippen molar-refractivity contribution in [3.05, 3.63) is 143 Å². The Hall–Kier alpha value is -6.31. The molecule has 7 nitrogen and oxygen atoms in total. The van der Waals surface area contributed by atoms with Crippen molar-refractivity contribution in [1.29, 1.82) is 5.26 Å². The Morgan fingerprint density at radius 1 is 0.754 bits per heavy atom. The third kappa shape index (κ3) is 6.32. The van der Waals surface area contributed by atoms with Gasteiger partial charge in [-0.3, -0.25) is 14.8 Å². The van der Waals surface area contributed by atoms with E-state index in [1.54, 1.807) is 24.4 Å². The number of benzene rings is 5. The van der Waals surface area contributed by atoms with Crippen LogP contribution < -0.4 is 0 Å². The summed E-state index contributed by atoms with van der Waals surface area (Å²) in [6, 6.07) is 36.3. The van der Waals surface area contributed by atoms with Gasteiger partial charge in [0.2, 0.25) is 0 Å². The maximum absolute atomic E-state index is 9.95. The molecule has 4 aromatic heterocycles. The minimum atomic E-state index is 0. The Morgan fingerprint density at radius 3 is 2.19 bits per heavy atom. The third-order valence-electron chi connectivity index (χ3n) is 10.8. The smallest absolute Gasteiger partial charge is 0.161 e. The number of para-hydroxylation sites is 1. The average molecular weight is 921 g/mol. The van der Waals surface area contributed by atoms with Gasteiger partial charge in [0.1, 0.15) is 39.7 Å².